The van der Waals surface area contributed by atoms with Gasteiger partial charge in [0.25, 0.3) is 0 Å². The number of rotatable bonds is 8. The predicted octanol–water partition coefficient (Wildman–Crippen LogP) is 6.53. The number of fused-ring (bicyclic) bond motifs is 1. The average molecular weight is 571 g/mol. The van der Waals surface area contributed by atoms with E-state index in [4.69, 9.17) is 4.74 Å². The lowest BCUT2D eigenvalue weighted by Crippen LogP contribution is -2.38. The summed E-state index contributed by atoms with van der Waals surface area (Å²) in [6.45, 7) is 12.9. The summed E-state index contributed by atoms with van der Waals surface area (Å²) in [4.78, 5) is 30.1. The molecule has 1 saturated carbocycles. The number of H-pyrrole nitrogens is 2. The normalized spacial score (nSPS) is 17.0. The van der Waals surface area contributed by atoms with Crippen LogP contribution in [-0.4, -0.2) is 48.6 Å². The van der Waals surface area contributed by atoms with Gasteiger partial charge in [-0.05, 0) is 82.9 Å². The third-order valence-electron chi connectivity index (χ3n) is 7.42. The second-order valence-electron chi connectivity index (χ2n) is 12.2. The first-order chi connectivity index (χ1) is 20.0. The van der Waals surface area contributed by atoms with Crippen molar-refractivity contribution in [2.24, 2.45) is 5.92 Å². The molecule has 1 aliphatic carbocycles. The Bertz CT molecular complexity index is 1640. The van der Waals surface area contributed by atoms with Crippen molar-refractivity contribution in [3.8, 4) is 23.1 Å². The molecule has 9 heteroatoms. The lowest BCUT2D eigenvalue weighted by atomic mass is 10.1. The van der Waals surface area contributed by atoms with Crippen molar-refractivity contribution in [3.05, 3.63) is 71.2 Å². The van der Waals surface area contributed by atoms with Gasteiger partial charge in [0, 0.05) is 28.8 Å². The minimum atomic E-state index is -0.588. The van der Waals surface area contributed by atoms with Crippen molar-refractivity contribution in [1.29, 1.82) is 0 Å². The van der Waals surface area contributed by atoms with Crippen LogP contribution in [0.1, 0.15) is 77.2 Å². The Labute approximate surface area is 246 Å². The monoisotopic (exact) mass is 570 g/mol. The number of aromatic amines is 2. The van der Waals surface area contributed by atoms with E-state index in [1.54, 1.807) is 23.2 Å². The van der Waals surface area contributed by atoms with E-state index in [0.29, 0.717) is 41.1 Å². The van der Waals surface area contributed by atoms with Gasteiger partial charge in [-0.15, -0.1) is 0 Å². The third-order valence-corrected chi connectivity index (χ3v) is 7.42. The van der Waals surface area contributed by atoms with Gasteiger partial charge in [0.2, 0.25) is 0 Å². The number of carbonyl (C=O) groups excluding carboxylic acids is 1. The molecule has 3 N–H and O–H groups in total. The molecule has 2 unspecified atom stereocenters. The Balaban J connectivity index is 1.27. The van der Waals surface area contributed by atoms with E-state index in [0.717, 1.165) is 35.3 Å². The quantitative estimate of drug-likeness (QED) is 0.209. The van der Waals surface area contributed by atoms with Crippen LogP contribution in [0.25, 0.3) is 22.3 Å². The van der Waals surface area contributed by atoms with Gasteiger partial charge in [0.15, 0.2) is 0 Å². The topological polar surface area (TPSA) is 98.9 Å². The highest BCUT2D eigenvalue weighted by Gasteiger charge is 2.42. The number of hydrogen-bond acceptors (Lipinski definition) is 5. The maximum absolute atomic E-state index is 15.2. The van der Waals surface area contributed by atoms with Gasteiger partial charge >= 0.3 is 6.09 Å². The maximum atomic E-state index is 15.2. The first kappa shape index (κ1) is 29.3. The smallest absolute Gasteiger partial charge is 0.410 e. The van der Waals surface area contributed by atoms with Gasteiger partial charge in [-0.1, -0.05) is 25.7 Å². The summed E-state index contributed by atoms with van der Waals surface area (Å²) in [5.41, 5.74) is 3.53. The van der Waals surface area contributed by atoms with E-state index in [1.807, 2.05) is 39.0 Å². The van der Waals surface area contributed by atoms with E-state index >= 15 is 4.39 Å². The number of amides is 1. The van der Waals surface area contributed by atoms with Gasteiger partial charge in [-0.25, -0.2) is 19.2 Å². The number of halogens is 1. The van der Waals surface area contributed by atoms with E-state index in [1.165, 1.54) is 6.07 Å². The van der Waals surface area contributed by atoms with Gasteiger partial charge in [-0.2, -0.15) is 0 Å². The summed E-state index contributed by atoms with van der Waals surface area (Å²) in [5, 5.41) is 3.44. The number of hydrogen-bond donors (Lipinski definition) is 3. The highest BCUT2D eigenvalue weighted by molar-refractivity contribution is 5.77. The van der Waals surface area contributed by atoms with Crippen LogP contribution in [0.5, 0.6) is 0 Å². The second-order valence-corrected chi connectivity index (χ2v) is 12.2. The molecule has 0 saturated heterocycles. The van der Waals surface area contributed by atoms with E-state index in [2.05, 4.69) is 57.9 Å². The number of carbonyl (C=O) groups is 1. The average Bonchev–Trinajstić information content (AvgIpc) is 3.30. The molecule has 0 radical (unpaired) electrons. The highest BCUT2D eigenvalue weighted by Crippen LogP contribution is 2.36. The van der Waals surface area contributed by atoms with Crippen LogP contribution < -0.4 is 5.32 Å². The minimum absolute atomic E-state index is 0.116. The SMILES string of the molecule is CCC(C)NCc1nc2ccc(C#Cc3ccc(-c4cnc(CN(C(=O)OC(C)(C)C)[C@@H]5CC5C)[nH]4)c(F)c3)cc2[nH]1. The molecule has 2 aromatic carbocycles. The van der Waals surface area contributed by atoms with Crippen LogP contribution in [0.2, 0.25) is 0 Å². The largest absolute Gasteiger partial charge is 0.444 e. The molecule has 5 rings (SSSR count). The standard InChI is InChI=1S/C33H39FN6O2/c1-7-21(3)35-18-30-37-26-13-11-23(16-27(26)38-30)9-8-22-10-12-24(25(34)15-22)28-17-36-31(39-28)19-40(29-14-20(29)2)32(41)42-33(4,5)6/h10-13,15-17,20-21,29,35H,7,14,18-19H2,1-6H3,(H,36,39)(H,37,38)/t20?,21?,29-/m1/s1. The minimum Gasteiger partial charge on any atom is -0.444 e. The molecule has 4 aromatic rings. The van der Waals surface area contributed by atoms with Crippen molar-refractivity contribution in [1.82, 2.24) is 30.2 Å². The Morgan fingerprint density at radius 3 is 2.55 bits per heavy atom. The Morgan fingerprint density at radius 2 is 1.88 bits per heavy atom. The molecule has 2 heterocycles. The van der Waals surface area contributed by atoms with Crippen LogP contribution in [0.4, 0.5) is 9.18 Å². The number of benzene rings is 2. The zero-order valence-corrected chi connectivity index (χ0v) is 25.1. The molecule has 2 aromatic heterocycles. The first-order valence-electron chi connectivity index (χ1n) is 14.6. The summed E-state index contributed by atoms with van der Waals surface area (Å²) >= 11 is 0. The number of nitrogens with zero attached hydrogens (tertiary/aromatic N) is 3. The molecule has 220 valence electrons. The summed E-state index contributed by atoms with van der Waals surface area (Å²) in [6.07, 6.45) is 3.21. The third kappa shape index (κ3) is 7.18. The van der Waals surface area contributed by atoms with Gasteiger partial charge in [-0.3, -0.25) is 4.90 Å². The highest BCUT2D eigenvalue weighted by atomic mass is 19.1. The second kappa shape index (κ2) is 12.0. The van der Waals surface area contributed by atoms with Crippen molar-refractivity contribution in [2.45, 2.75) is 85.2 Å². The lowest BCUT2D eigenvalue weighted by molar-refractivity contribution is 0.0203. The molecule has 42 heavy (non-hydrogen) atoms. The fourth-order valence-corrected chi connectivity index (χ4v) is 4.71. The molecule has 1 aliphatic rings. The number of nitrogens with one attached hydrogen (secondary N) is 3. The summed E-state index contributed by atoms with van der Waals surface area (Å²) in [5.74, 6) is 7.66. The molecular formula is C33H39FN6O2. The number of ether oxygens (including phenoxy) is 1. The molecule has 3 atom stereocenters. The summed E-state index contributed by atoms with van der Waals surface area (Å²) < 4.78 is 20.8. The Kier molecular flexibility index (Phi) is 8.37. The van der Waals surface area contributed by atoms with Crippen LogP contribution in [0.3, 0.4) is 0 Å². The Hall–Kier alpha value is -4.16. The van der Waals surface area contributed by atoms with Crippen molar-refractivity contribution in [3.63, 3.8) is 0 Å². The van der Waals surface area contributed by atoms with Crippen molar-refractivity contribution < 1.29 is 13.9 Å². The van der Waals surface area contributed by atoms with E-state index in [9.17, 15) is 4.79 Å². The fourth-order valence-electron chi connectivity index (χ4n) is 4.71. The molecule has 0 spiro atoms. The number of aromatic nitrogens is 4. The molecule has 0 bridgehead atoms. The van der Waals surface area contributed by atoms with Crippen molar-refractivity contribution in [2.75, 3.05) is 0 Å². The molecule has 0 aliphatic heterocycles. The van der Waals surface area contributed by atoms with Gasteiger partial charge in [0.1, 0.15) is 23.1 Å². The van der Waals surface area contributed by atoms with E-state index < -0.39 is 11.4 Å². The van der Waals surface area contributed by atoms with Crippen LogP contribution in [0.15, 0.2) is 42.6 Å². The molecule has 1 fully saturated rings. The molecule has 1 amide bonds. The summed E-state index contributed by atoms with van der Waals surface area (Å²) in [6, 6.07) is 11.3. The lowest BCUT2D eigenvalue weighted by Gasteiger charge is -2.27. The zero-order valence-electron chi connectivity index (χ0n) is 25.1. The maximum Gasteiger partial charge on any atom is 0.410 e. The van der Waals surface area contributed by atoms with Gasteiger partial charge < -0.3 is 20.0 Å². The van der Waals surface area contributed by atoms with Crippen molar-refractivity contribution >= 4 is 17.1 Å². The van der Waals surface area contributed by atoms with Crippen LogP contribution in [0, 0.1) is 23.6 Å². The van der Waals surface area contributed by atoms with Crippen LogP contribution in [-0.2, 0) is 17.8 Å². The number of imidazole rings is 2. The van der Waals surface area contributed by atoms with Crippen LogP contribution >= 0.6 is 0 Å². The zero-order chi connectivity index (χ0) is 30.0. The Morgan fingerprint density at radius 1 is 1.17 bits per heavy atom. The predicted molar refractivity (Wildman–Crippen MR) is 162 cm³/mol. The van der Waals surface area contributed by atoms with E-state index in [-0.39, 0.29) is 18.7 Å². The summed E-state index contributed by atoms with van der Waals surface area (Å²) in [7, 11) is 0. The van der Waals surface area contributed by atoms with Gasteiger partial charge in [0.05, 0.1) is 36.0 Å². The molecule has 8 nitrogen and oxygen atoms in total. The fraction of sp³-hybridized carbons (Fsp3) is 0.424. The first-order valence-corrected chi connectivity index (χ1v) is 14.6. The molecular weight excluding hydrogens is 531 g/mol.